The Kier molecular flexibility index (Phi) is 4.52. The van der Waals surface area contributed by atoms with Crippen molar-refractivity contribution in [2.24, 2.45) is 5.92 Å². The van der Waals surface area contributed by atoms with Crippen LogP contribution in [0.2, 0.25) is 0 Å². The van der Waals surface area contributed by atoms with Crippen LogP contribution in [0.5, 0.6) is 0 Å². The minimum Gasteiger partial charge on any atom is -0.339 e. The van der Waals surface area contributed by atoms with E-state index in [1.165, 1.54) is 0 Å². The van der Waals surface area contributed by atoms with Crippen molar-refractivity contribution in [1.29, 1.82) is 0 Å². The van der Waals surface area contributed by atoms with E-state index in [1.54, 1.807) is 11.3 Å². The second-order valence-electron chi connectivity index (χ2n) is 5.47. The highest BCUT2D eigenvalue weighted by atomic mass is 32.1. The molecule has 2 aromatic heterocycles. The standard InChI is InChI=1S/C17H17N3O2S/c1-11(2)17(21)18-13-7-4-3-6-12(13)10-15-19-16(20-22-15)14-8-5-9-23-14/h3-9,11H,10H2,1-2H3,(H,18,21). The fourth-order valence-electron chi connectivity index (χ4n) is 2.07. The van der Waals surface area contributed by atoms with Crippen LogP contribution in [0.1, 0.15) is 25.3 Å². The molecule has 0 unspecified atom stereocenters. The van der Waals surface area contributed by atoms with Gasteiger partial charge in [-0.1, -0.05) is 43.3 Å². The van der Waals surface area contributed by atoms with Crippen LogP contribution in [0.25, 0.3) is 10.7 Å². The molecule has 118 valence electrons. The van der Waals surface area contributed by atoms with Crippen molar-refractivity contribution in [2.45, 2.75) is 20.3 Å². The van der Waals surface area contributed by atoms with Gasteiger partial charge in [-0.25, -0.2) is 0 Å². The van der Waals surface area contributed by atoms with Crippen molar-refractivity contribution in [3.05, 3.63) is 53.2 Å². The Bertz CT molecular complexity index is 794. The lowest BCUT2D eigenvalue weighted by molar-refractivity contribution is -0.118. The molecule has 6 heteroatoms. The second-order valence-corrected chi connectivity index (χ2v) is 6.41. The van der Waals surface area contributed by atoms with Crippen LogP contribution in [0.4, 0.5) is 5.69 Å². The van der Waals surface area contributed by atoms with Gasteiger partial charge < -0.3 is 9.84 Å². The van der Waals surface area contributed by atoms with Crippen LogP contribution >= 0.6 is 11.3 Å². The Balaban J connectivity index is 1.79. The lowest BCUT2D eigenvalue weighted by Gasteiger charge is -2.11. The minimum atomic E-state index is -0.0723. The fourth-order valence-corrected chi connectivity index (χ4v) is 2.72. The van der Waals surface area contributed by atoms with E-state index in [4.69, 9.17) is 4.52 Å². The third-order valence-corrected chi connectivity index (χ3v) is 4.22. The lowest BCUT2D eigenvalue weighted by Crippen LogP contribution is -2.18. The SMILES string of the molecule is CC(C)C(=O)Nc1ccccc1Cc1nc(-c2cccs2)no1. The molecular weight excluding hydrogens is 310 g/mol. The molecule has 5 nitrogen and oxygen atoms in total. The zero-order valence-electron chi connectivity index (χ0n) is 12.9. The van der Waals surface area contributed by atoms with Crippen molar-refractivity contribution in [1.82, 2.24) is 10.1 Å². The number of rotatable bonds is 5. The van der Waals surface area contributed by atoms with Gasteiger partial charge in [-0.3, -0.25) is 4.79 Å². The number of carbonyl (C=O) groups is 1. The average Bonchev–Trinajstić information content (AvgIpc) is 3.20. The van der Waals surface area contributed by atoms with Gasteiger partial charge >= 0.3 is 0 Å². The summed E-state index contributed by atoms with van der Waals surface area (Å²) in [5.74, 6) is 1.04. The van der Waals surface area contributed by atoms with Gasteiger partial charge in [-0.15, -0.1) is 11.3 Å². The first-order valence-corrected chi connectivity index (χ1v) is 8.26. The second kappa shape index (κ2) is 6.75. The molecule has 3 rings (SSSR count). The van der Waals surface area contributed by atoms with Crippen LogP contribution in [0.3, 0.4) is 0 Å². The van der Waals surface area contributed by atoms with Gasteiger partial charge in [0, 0.05) is 11.6 Å². The highest BCUT2D eigenvalue weighted by Crippen LogP contribution is 2.23. The van der Waals surface area contributed by atoms with Crippen LogP contribution in [0, 0.1) is 5.92 Å². The van der Waals surface area contributed by atoms with Gasteiger partial charge in [0.05, 0.1) is 11.3 Å². The van der Waals surface area contributed by atoms with E-state index in [2.05, 4.69) is 15.5 Å². The van der Waals surface area contributed by atoms with Crippen LogP contribution in [-0.4, -0.2) is 16.0 Å². The molecule has 0 spiro atoms. The number of aromatic nitrogens is 2. The maximum absolute atomic E-state index is 11.9. The summed E-state index contributed by atoms with van der Waals surface area (Å²) in [5, 5.41) is 8.92. The van der Waals surface area contributed by atoms with Crippen molar-refractivity contribution in [2.75, 3.05) is 5.32 Å². The molecule has 0 aliphatic carbocycles. The summed E-state index contributed by atoms with van der Waals surface area (Å²) in [7, 11) is 0. The van der Waals surface area contributed by atoms with Crippen molar-refractivity contribution >= 4 is 22.9 Å². The number of hydrogen-bond donors (Lipinski definition) is 1. The molecule has 0 saturated carbocycles. The third-order valence-electron chi connectivity index (χ3n) is 3.35. The van der Waals surface area contributed by atoms with Crippen LogP contribution < -0.4 is 5.32 Å². The summed E-state index contributed by atoms with van der Waals surface area (Å²) in [6, 6.07) is 11.6. The summed E-state index contributed by atoms with van der Waals surface area (Å²) < 4.78 is 5.33. The van der Waals surface area contributed by atoms with Gasteiger partial charge in [-0.2, -0.15) is 4.98 Å². The number of hydrogen-bond acceptors (Lipinski definition) is 5. The molecule has 1 aromatic carbocycles. The van der Waals surface area contributed by atoms with E-state index in [9.17, 15) is 4.79 Å². The molecule has 2 heterocycles. The predicted molar refractivity (Wildman–Crippen MR) is 90.3 cm³/mol. The Morgan fingerprint density at radius 2 is 2.09 bits per heavy atom. The number of amides is 1. The number of para-hydroxylation sites is 1. The molecule has 23 heavy (non-hydrogen) atoms. The monoisotopic (exact) mass is 327 g/mol. The van der Waals surface area contributed by atoms with Crippen molar-refractivity contribution in [3.63, 3.8) is 0 Å². The van der Waals surface area contributed by atoms with Gasteiger partial charge in [0.1, 0.15) is 0 Å². The quantitative estimate of drug-likeness (QED) is 0.769. The lowest BCUT2D eigenvalue weighted by atomic mass is 10.1. The molecule has 0 bridgehead atoms. The van der Waals surface area contributed by atoms with E-state index >= 15 is 0 Å². The van der Waals surface area contributed by atoms with E-state index in [-0.39, 0.29) is 11.8 Å². The number of nitrogens with zero attached hydrogens (tertiary/aromatic N) is 2. The first-order valence-electron chi connectivity index (χ1n) is 7.38. The molecular formula is C17H17N3O2S. The first kappa shape index (κ1) is 15.4. The molecule has 0 fully saturated rings. The zero-order chi connectivity index (χ0) is 16.2. The number of carbonyl (C=O) groups excluding carboxylic acids is 1. The molecule has 1 amide bonds. The highest BCUT2D eigenvalue weighted by Gasteiger charge is 2.14. The zero-order valence-corrected chi connectivity index (χ0v) is 13.8. The molecule has 0 atom stereocenters. The molecule has 3 aromatic rings. The topological polar surface area (TPSA) is 68.0 Å². The smallest absolute Gasteiger partial charge is 0.231 e. The van der Waals surface area contributed by atoms with Crippen LogP contribution in [0.15, 0.2) is 46.3 Å². The molecule has 0 saturated heterocycles. The minimum absolute atomic E-state index is 0.0118. The molecule has 0 aliphatic heterocycles. The summed E-state index contributed by atoms with van der Waals surface area (Å²) in [6.07, 6.45) is 0.479. The van der Waals surface area contributed by atoms with Gasteiger partial charge in [-0.05, 0) is 23.1 Å². The maximum Gasteiger partial charge on any atom is 0.231 e. The molecule has 0 radical (unpaired) electrons. The van der Waals surface area contributed by atoms with E-state index in [1.807, 2.05) is 55.6 Å². The molecule has 0 aliphatic rings. The normalized spacial score (nSPS) is 10.9. The highest BCUT2D eigenvalue weighted by molar-refractivity contribution is 7.13. The Labute approximate surface area is 138 Å². The van der Waals surface area contributed by atoms with Crippen LogP contribution in [-0.2, 0) is 11.2 Å². The third kappa shape index (κ3) is 3.65. The number of nitrogens with one attached hydrogen (secondary N) is 1. The Morgan fingerprint density at radius 1 is 1.26 bits per heavy atom. The first-order chi connectivity index (χ1) is 11.1. The average molecular weight is 327 g/mol. The predicted octanol–water partition coefficient (Wildman–Crippen LogP) is 3.98. The summed E-state index contributed by atoms with van der Waals surface area (Å²) >= 11 is 1.57. The van der Waals surface area contributed by atoms with Gasteiger partial charge in [0.15, 0.2) is 0 Å². The summed E-state index contributed by atoms with van der Waals surface area (Å²) in [6.45, 7) is 3.73. The Morgan fingerprint density at radius 3 is 2.83 bits per heavy atom. The summed E-state index contributed by atoms with van der Waals surface area (Å²) in [5.41, 5.74) is 1.73. The maximum atomic E-state index is 11.9. The largest absolute Gasteiger partial charge is 0.339 e. The number of thiophene rings is 1. The van der Waals surface area contributed by atoms with Gasteiger partial charge in [0.25, 0.3) is 0 Å². The van der Waals surface area contributed by atoms with E-state index in [0.717, 1.165) is 16.1 Å². The van der Waals surface area contributed by atoms with E-state index < -0.39 is 0 Å². The number of benzene rings is 1. The Hall–Kier alpha value is -2.47. The van der Waals surface area contributed by atoms with Crippen molar-refractivity contribution in [3.8, 4) is 10.7 Å². The van der Waals surface area contributed by atoms with E-state index in [0.29, 0.717) is 18.1 Å². The summed E-state index contributed by atoms with van der Waals surface area (Å²) in [4.78, 5) is 17.3. The fraction of sp³-hybridized carbons (Fsp3) is 0.235. The van der Waals surface area contributed by atoms with Crippen molar-refractivity contribution < 1.29 is 9.32 Å². The number of anilines is 1. The van der Waals surface area contributed by atoms with Gasteiger partial charge in [0.2, 0.25) is 17.6 Å². The molecule has 1 N–H and O–H groups in total.